The summed E-state index contributed by atoms with van der Waals surface area (Å²) in [6, 6.07) is 6.76. The lowest BCUT2D eigenvalue weighted by Crippen LogP contribution is -2.25. The quantitative estimate of drug-likeness (QED) is 0.583. The van der Waals surface area contributed by atoms with Gasteiger partial charge in [-0.3, -0.25) is 10.1 Å². The second kappa shape index (κ2) is 6.22. The Balaban J connectivity index is 1.85. The van der Waals surface area contributed by atoms with Crippen LogP contribution in [0.4, 0.5) is 5.69 Å². The van der Waals surface area contributed by atoms with Gasteiger partial charge in [-0.1, -0.05) is 25.5 Å². The van der Waals surface area contributed by atoms with Crippen LogP contribution in [0.3, 0.4) is 0 Å². The third-order valence-corrected chi connectivity index (χ3v) is 3.18. The summed E-state index contributed by atoms with van der Waals surface area (Å²) in [6.45, 7) is 4.96. The topological polar surface area (TPSA) is 49.6 Å². The van der Waals surface area contributed by atoms with Crippen LogP contribution in [0.25, 0.3) is 0 Å². The van der Waals surface area contributed by atoms with Gasteiger partial charge in [-0.15, -0.1) is 0 Å². The molecule has 0 N–H and O–H groups in total. The highest BCUT2D eigenvalue weighted by atomic mass is 16.6. The molecule has 0 spiro atoms. The van der Waals surface area contributed by atoms with E-state index in [4.69, 9.17) is 0 Å². The zero-order chi connectivity index (χ0) is 13.7. The van der Waals surface area contributed by atoms with E-state index < -0.39 is 0 Å². The number of benzene rings is 1. The van der Waals surface area contributed by atoms with Crippen molar-refractivity contribution in [3.8, 4) is 0 Å². The van der Waals surface area contributed by atoms with Crippen molar-refractivity contribution in [1.82, 2.24) is 9.80 Å². The van der Waals surface area contributed by atoms with Crippen molar-refractivity contribution in [3.63, 3.8) is 0 Å². The number of hydrogen-bond acceptors (Lipinski definition) is 4. The molecule has 0 unspecified atom stereocenters. The molecule has 0 atom stereocenters. The average Bonchev–Trinajstić information content (AvgIpc) is 2.84. The van der Waals surface area contributed by atoms with Gasteiger partial charge in [-0.05, 0) is 12.0 Å². The Hall–Kier alpha value is -2.04. The molecule has 19 heavy (non-hydrogen) atoms. The van der Waals surface area contributed by atoms with Crippen molar-refractivity contribution in [3.05, 3.63) is 52.3 Å². The highest BCUT2D eigenvalue weighted by Gasteiger charge is 2.12. The molecule has 1 aliphatic rings. The first kappa shape index (κ1) is 13.4. The number of nitro benzene ring substituents is 1. The van der Waals surface area contributed by atoms with E-state index in [0.717, 1.165) is 25.3 Å². The summed E-state index contributed by atoms with van der Waals surface area (Å²) in [5.41, 5.74) is 1.23. The third-order valence-electron chi connectivity index (χ3n) is 3.18. The molecule has 102 valence electrons. The van der Waals surface area contributed by atoms with Crippen LogP contribution < -0.4 is 0 Å². The van der Waals surface area contributed by atoms with E-state index in [2.05, 4.69) is 29.1 Å². The fourth-order valence-corrected chi connectivity index (χ4v) is 2.08. The molecule has 0 aliphatic carbocycles. The lowest BCUT2D eigenvalue weighted by atomic mass is 10.2. The molecular weight excluding hydrogens is 242 g/mol. The highest BCUT2D eigenvalue weighted by Crippen LogP contribution is 2.16. The molecule has 5 heteroatoms. The molecule has 5 nitrogen and oxygen atoms in total. The Bertz CT molecular complexity index is 456. The minimum absolute atomic E-state index is 0.144. The van der Waals surface area contributed by atoms with Crippen LogP contribution in [-0.2, 0) is 6.54 Å². The normalized spacial score (nSPS) is 14.2. The minimum Gasteiger partial charge on any atom is -0.359 e. The SMILES string of the molecule is CCCCN1C=CN(Cc2ccc([N+](=O)[O-])cc2)C1. The number of unbranched alkanes of at least 4 members (excludes halogenated alkanes) is 1. The van der Waals surface area contributed by atoms with Gasteiger partial charge in [0.05, 0.1) is 11.6 Å². The highest BCUT2D eigenvalue weighted by molar-refractivity contribution is 5.32. The molecule has 0 saturated heterocycles. The Morgan fingerprint density at radius 1 is 1.21 bits per heavy atom. The first-order chi connectivity index (χ1) is 9.19. The number of non-ortho nitro benzene ring substituents is 1. The van der Waals surface area contributed by atoms with Gasteiger partial charge in [-0.2, -0.15) is 0 Å². The fourth-order valence-electron chi connectivity index (χ4n) is 2.08. The van der Waals surface area contributed by atoms with Crippen molar-refractivity contribution < 1.29 is 4.92 Å². The summed E-state index contributed by atoms with van der Waals surface area (Å²) in [6.07, 6.45) is 6.60. The van der Waals surface area contributed by atoms with Crippen molar-refractivity contribution >= 4 is 5.69 Å². The number of hydrogen-bond donors (Lipinski definition) is 0. The van der Waals surface area contributed by atoms with Crippen LogP contribution in [0.15, 0.2) is 36.7 Å². The van der Waals surface area contributed by atoms with Gasteiger partial charge in [0.25, 0.3) is 5.69 Å². The summed E-state index contributed by atoms with van der Waals surface area (Å²) in [5, 5.41) is 10.6. The molecule has 1 aliphatic heterocycles. The summed E-state index contributed by atoms with van der Waals surface area (Å²) in [7, 11) is 0. The van der Waals surface area contributed by atoms with Crippen LogP contribution in [-0.4, -0.2) is 27.9 Å². The van der Waals surface area contributed by atoms with Crippen molar-refractivity contribution in [2.45, 2.75) is 26.3 Å². The van der Waals surface area contributed by atoms with Gasteiger partial charge < -0.3 is 9.80 Å². The summed E-state index contributed by atoms with van der Waals surface area (Å²) in [5.74, 6) is 0. The molecule has 0 fully saturated rings. The number of nitrogens with zero attached hydrogens (tertiary/aromatic N) is 3. The van der Waals surface area contributed by atoms with Crippen LogP contribution in [0, 0.1) is 10.1 Å². The zero-order valence-corrected chi connectivity index (χ0v) is 11.2. The van der Waals surface area contributed by atoms with Crippen molar-refractivity contribution in [2.24, 2.45) is 0 Å². The first-order valence-corrected chi connectivity index (χ1v) is 6.59. The van der Waals surface area contributed by atoms with Crippen LogP contribution in [0.2, 0.25) is 0 Å². The second-order valence-corrected chi connectivity index (χ2v) is 4.78. The maximum absolute atomic E-state index is 10.6. The van der Waals surface area contributed by atoms with Gasteiger partial charge in [0, 0.05) is 37.6 Å². The van der Waals surface area contributed by atoms with Crippen molar-refractivity contribution in [1.29, 1.82) is 0 Å². The average molecular weight is 261 g/mol. The number of nitro groups is 1. The lowest BCUT2D eigenvalue weighted by Gasteiger charge is -2.21. The standard InChI is InChI=1S/C14H19N3O2/c1-2-3-8-15-9-10-16(12-15)11-13-4-6-14(7-5-13)17(18)19/h4-7,9-10H,2-3,8,11-12H2,1H3. The maximum Gasteiger partial charge on any atom is 0.269 e. The monoisotopic (exact) mass is 261 g/mol. The smallest absolute Gasteiger partial charge is 0.269 e. The third kappa shape index (κ3) is 3.71. The van der Waals surface area contributed by atoms with E-state index in [9.17, 15) is 10.1 Å². The van der Waals surface area contributed by atoms with Gasteiger partial charge in [0.2, 0.25) is 0 Å². The molecular formula is C14H19N3O2. The first-order valence-electron chi connectivity index (χ1n) is 6.59. The predicted molar refractivity (Wildman–Crippen MR) is 74.3 cm³/mol. The molecule has 1 heterocycles. The zero-order valence-electron chi connectivity index (χ0n) is 11.2. The Labute approximate surface area is 113 Å². The van der Waals surface area contributed by atoms with E-state index in [1.54, 1.807) is 12.1 Å². The molecule has 2 rings (SSSR count). The summed E-state index contributed by atoms with van der Waals surface area (Å²) < 4.78 is 0. The van der Waals surface area contributed by atoms with Crippen LogP contribution >= 0.6 is 0 Å². The van der Waals surface area contributed by atoms with E-state index in [0.29, 0.717) is 0 Å². The Morgan fingerprint density at radius 2 is 1.89 bits per heavy atom. The fraction of sp³-hybridized carbons (Fsp3) is 0.429. The molecule has 0 bridgehead atoms. The van der Waals surface area contributed by atoms with Gasteiger partial charge in [-0.25, -0.2) is 0 Å². The molecule has 0 amide bonds. The van der Waals surface area contributed by atoms with Gasteiger partial charge in [0.15, 0.2) is 0 Å². The Morgan fingerprint density at radius 3 is 2.53 bits per heavy atom. The lowest BCUT2D eigenvalue weighted by molar-refractivity contribution is -0.384. The van der Waals surface area contributed by atoms with Crippen molar-refractivity contribution in [2.75, 3.05) is 13.2 Å². The Kier molecular flexibility index (Phi) is 4.39. The van der Waals surface area contributed by atoms with E-state index in [1.807, 2.05) is 12.1 Å². The summed E-state index contributed by atoms with van der Waals surface area (Å²) >= 11 is 0. The predicted octanol–water partition coefficient (Wildman–Crippen LogP) is 2.94. The van der Waals surface area contributed by atoms with Gasteiger partial charge in [0.1, 0.15) is 0 Å². The molecule has 1 aromatic carbocycles. The van der Waals surface area contributed by atoms with Crippen LogP contribution in [0.1, 0.15) is 25.3 Å². The molecule has 0 aromatic heterocycles. The number of rotatable bonds is 6. The minimum atomic E-state index is -0.369. The summed E-state index contributed by atoms with van der Waals surface area (Å²) in [4.78, 5) is 14.7. The second-order valence-electron chi connectivity index (χ2n) is 4.78. The molecule has 0 radical (unpaired) electrons. The maximum atomic E-state index is 10.6. The van der Waals surface area contributed by atoms with E-state index in [-0.39, 0.29) is 10.6 Å². The van der Waals surface area contributed by atoms with E-state index in [1.165, 1.54) is 12.8 Å². The van der Waals surface area contributed by atoms with Gasteiger partial charge >= 0.3 is 0 Å². The molecule has 1 aromatic rings. The van der Waals surface area contributed by atoms with Crippen LogP contribution in [0.5, 0.6) is 0 Å². The largest absolute Gasteiger partial charge is 0.359 e. The molecule has 0 saturated carbocycles. The van der Waals surface area contributed by atoms with E-state index >= 15 is 0 Å².